The third-order valence-corrected chi connectivity index (χ3v) is 4.65. The van der Waals surface area contributed by atoms with E-state index in [4.69, 9.17) is 5.11 Å². The van der Waals surface area contributed by atoms with E-state index in [-0.39, 0.29) is 23.4 Å². The Bertz CT molecular complexity index is 670. The van der Waals surface area contributed by atoms with E-state index in [0.717, 1.165) is 0 Å². The number of carbonyl (C=O) groups is 2. The minimum absolute atomic E-state index is 0.0338. The van der Waals surface area contributed by atoms with Crippen molar-refractivity contribution in [2.75, 3.05) is 6.54 Å². The summed E-state index contributed by atoms with van der Waals surface area (Å²) in [4.78, 5) is 23.1. The molecule has 1 amide bonds. The largest absolute Gasteiger partial charge is 0.480 e. The van der Waals surface area contributed by atoms with Gasteiger partial charge in [0.25, 0.3) is 5.91 Å². The average molecular weight is 328 g/mol. The van der Waals surface area contributed by atoms with Gasteiger partial charge in [-0.1, -0.05) is 19.9 Å². The van der Waals surface area contributed by atoms with Crippen LogP contribution in [-0.4, -0.2) is 38.0 Å². The van der Waals surface area contributed by atoms with Gasteiger partial charge < -0.3 is 10.4 Å². The molecule has 0 aliphatic carbocycles. The summed E-state index contributed by atoms with van der Waals surface area (Å²) >= 11 is 0. The smallest absolute Gasteiger partial charge is 0.326 e. The monoisotopic (exact) mass is 328 g/mol. The number of aryl methyl sites for hydroxylation is 1. The first kappa shape index (κ1) is 18.1. The summed E-state index contributed by atoms with van der Waals surface area (Å²) in [7, 11) is -3.68. The van der Waals surface area contributed by atoms with Gasteiger partial charge in [-0.3, -0.25) is 4.79 Å². The van der Waals surface area contributed by atoms with E-state index in [1.165, 1.54) is 18.2 Å². The molecule has 0 radical (unpaired) electrons. The number of hydrogen-bond acceptors (Lipinski definition) is 4. The molecule has 0 saturated carbocycles. The van der Waals surface area contributed by atoms with E-state index in [9.17, 15) is 18.0 Å². The number of sulfonamides is 1. The number of benzene rings is 1. The van der Waals surface area contributed by atoms with Gasteiger partial charge in [-0.2, -0.15) is 0 Å². The van der Waals surface area contributed by atoms with Crippen LogP contribution in [0.1, 0.15) is 36.2 Å². The van der Waals surface area contributed by atoms with Gasteiger partial charge in [0.15, 0.2) is 0 Å². The molecule has 0 aliphatic heterocycles. The van der Waals surface area contributed by atoms with Crippen molar-refractivity contribution in [1.29, 1.82) is 0 Å². The lowest BCUT2D eigenvalue weighted by Gasteiger charge is -2.14. The highest BCUT2D eigenvalue weighted by Crippen LogP contribution is 2.16. The van der Waals surface area contributed by atoms with Gasteiger partial charge in [-0.15, -0.1) is 0 Å². The van der Waals surface area contributed by atoms with Crippen molar-refractivity contribution >= 4 is 21.9 Å². The lowest BCUT2D eigenvalue weighted by molar-refractivity contribution is -0.139. The van der Waals surface area contributed by atoms with Gasteiger partial charge in [0.05, 0.1) is 4.90 Å². The van der Waals surface area contributed by atoms with E-state index in [1.807, 2.05) is 0 Å². The summed E-state index contributed by atoms with van der Waals surface area (Å²) in [6.07, 6.45) is 0.232. The highest BCUT2D eigenvalue weighted by molar-refractivity contribution is 7.89. The summed E-state index contributed by atoms with van der Waals surface area (Å²) in [5.74, 6) is -1.75. The van der Waals surface area contributed by atoms with E-state index in [0.29, 0.717) is 5.56 Å². The molecule has 8 heteroatoms. The van der Waals surface area contributed by atoms with Gasteiger partial charge in [0.1, 0.15) is 6.04 Å². The summed E-state index contributed by atoms with van der Waals surface area (Å²) in [5.41, 5.74) is 0.701. The fourth-order valence-electron chi connectivity index (χ4n) is 1.86. The fraction of sp³-hybridized carbons (Fsp3) is 0.429. The molecular formula is C14H20N2O5S. The van der Waals surface area contributed by atoms with Crippen molar-refractivity contribution in [3.8, 4) is 0 Å². The van der Waals surface area contributed by atoms with Crippen molar-refractivity contribution in [3.63, 3.8) is 0 Å². The van der Waals surface area contributed by atoms with Crippen LogP contribution in [0.2, 0.25) is 0 Å². The molecule has 0 saturated heterocycles. The molecule has 122 valence electrons. The predicted molar refractivity (Wildman–Crippen MR) is 81.2 cm³/mol. The first-order chi connectivity index (χ1) is 10.2. The number of hydrogen-bond donors (Lipinski definition) is 3. The Hall–Kier alpha value is -1.93. The number of amides is 1. The second-order valence-electron chi connectivity index (χ2n) is 4.75. The van der Waals surface area contributed by atoms with Gasteiger partial charge in [0, 0.05) is 12.1 Å². The summed E-state index contributed by atoms with van der Waals surface area (Å²) in [6.45, 7) is 5.17. The van der Waals surface area contributed by atoms with Crippen LogP contribution in [-0.2, 0) is 14.8 Å². The van der Waals surface area contributed by atoms with Crippen LogP contribution in [0.4, 0.5) is 0 Å². The highest BCUT2D eigenvalue weighted by Gasteiger charge is 2.21. The second kappa shape index (κ2) is 7.37. The van der Waals surface area contributed by atoms with Gasteiger partial charge in [-0.25, -0.2) is 17.9 Å². The first-order valence-electron chi connectivity index (χ1n) is 6.86. The van der Waals surface area contributed by atoms with Crippen molar-refractivity contribution in [2.24, 2.45) is 0 Å². The topological polar surface area (TPSA) is 113 Å². The third-order valence-electron chi connectivity index (χ3n) is 3.11. The van der Waals surface area contributed by atoms with Gasteiger partial charge in [0.2, 0.25) is 10.0 Å². The Balaban J connectivity index is 3.14. The molecule has 7 nitrogen and oxygen atoms in total. The molecule has 0 heterocycles. The molecule has 1 rings (SSSR count). The van der Waals surface area contributed by atoms with Crippen molar-refractivity contribution in [1.82, 2.24) is 10.0 Å². The van der Waals surface area contributed by atoms with E-state index in [2.05, 4.69) is 10.0 Å². The second-order valence-corrected chi connectivity index (χ2v) is 6.52. The van der Waals surface area contributed by atoms with Crippen LogP contribution >= 0.6 is 0 Å². The van der Waals surface area contributed by atoms with Gasteiger partial charge in [-0.05, 0) is 31.0 Å². The number of carboxylic acids is 1. The minimum Gasteiger partial charge on any atom is -0.480 e. The van der Waals surface area contributed by atoms with Crippen LogP contribution < -0.4 is 10.0 Å². The first-order valence-corrected chi connectivity index (χ1v) is 8.35. The lowest BCUT2D eigenvalue weighted by Crippen LogP contribution is -2.40. The molecule has 1 aromatic carbocycles. The Morgan fingerprint density at radius 1 is 1.27 bits per heavy atom. The zero-order valence-corrected chi connectivity index (χ0v) is 13.5. The van der Waals surface area contributed by atoms with Crippen LogP contribution in [0.25, 0.3) is 0 Å². The Morgan fingerprint density at radius 2 is 1.91 bits per heavy atom. The number of aliphatic carboxylic acids is 1. The molecule has 1 atom stereocenters. The maximum absolute atomic E-state index is 12.2. The molecule has 0 spiro atoms. The van der Waals surface area contributed by atoms with Gasteiger partial charge >= 0.3 is 5.97 Å². The van der Waals surface area contributed by atoms with E-state index < -0.39 is 27.9 Å². The zero-order valence-electron chi connectivity index (χ0n) is 12.7. The molecule has 0 bridgehead atoms. The quantitative estimate of drug-likeness (QED) is 0.688. The summed E-state index contributed by atoms with van der Waals surface area (Å²) in [5, 5.41) is 11.4. The molecule has 0 fully saturated rings. The minimum atomic E-state index is -3.68. The van der Waals surface area contributed by atoms with Crippen LogP contribution in [0.5, 0.6) is 0 Å². The summed E-state index contributed by atoms with van der Waals surface area (Å²) < 4.78 is 26.3. The van der Waals surface area contributed by atoms with Crippen molar-refractivity contribution in [2.45, 2.75) is 38.1 Å². The zero-order chi connectivity index (χ0) is 16.9. The molecule has 3 N–H and O–H groups in total. The van der Waals surface area contributed by atoms with E-state index >= 15 is 0 Å². The number of carbonyl (C=O) groups excluding carboxylic acids is 1. The van der Waals surface area contributed by atoms with Crippen LogP contribution in [0.3, 0.4) is 0 Å². The fourth-order valence-corrected chi connectivity index (χ4v) is 2.93. The highest BCUT2D eigenvalue weighted by atomic mass is 32.2. The van der Waals surface area contributed by atoms with Crippen LogP contribution in [0, 0.1) is 6.92 Å². The normalized spacial score (nSPS) is 12.7. The Morgan fingerprint density at radius 3 is 2.41 bits per heavy atom. The van der Waals surface area contributed by atoms with Crippen molar-refractivity contribution in [3.05, 3.63) is 29.3 Å². The summed E-state index contributed by atoms with van der Waals surface area (Å²) in [6, 6.07) is 3.15. The Labute approximate surface area is 129 Å². The molecule has 1 aromatic rings. The molecule has 1 unspecified atom stereocenters. The maximum atomic E-state index is 12.2. The number of rotatable bonds is 7. The standard InChI is InChI=1S/C14H20N2O5S/c1-4-12(14(18)19)16-13(17)11-8-10(7-6-9(11)3)22(20,21)15-5-2/h6-8,12,15H,4-5H2,1-3H3,(H,16,17)(H,18,19). The molecule has 22 heavy (non-hydrogen) atoms. The maximum Gasteiger partial charge on any atom is 0.326 e. The predicted octanol–water partition coefficient (Wildman–Crippen LogP) is 0.886. The SMILES string of the molecule is CCNS(=O)(=O)c1ccc(C)c(C(=O)NC(CC)C(=O)O)c1. The van der Waals surface area contributed by atoms with Crippen LogP contribution in [0.15, 0.2) is 23.1 Å². The van der Waals surface area contributed by atoms with Crippen molar-refractivity contribution < 1.29 is 23.1 Å². The third kappa shape index (κ3) is 4.28. The Kier molecular flexibility index (Phi) is 6.07. The number of nitrogens with one attached hydrogen (secondary N) is 2. The average Bonchev–Trinajstić information content (AvgIpc) is 2.44. The molecular weight excluding hydrogens is 308 g/mol. The lowest BCUT2D eigenvalue weighted by atomic mass is 10.1. The molecule has 0 aliphatic rings. The molecule has 0 aromatic heterocycles. The van der Waals surface area contributed by atoms with E-state index in [1.54, 1.807) is 20.8 Å². The number of carboxylic acid groups (broad SMARTS) is 1.